The molecule has 0 bridgehead atoms. The Morgan fingerprint density at radius 3 is 1.16 bits per heavy atom. The van der Waals surface area contributed by atoms with Gasteiger partial charge in [0, 0.05) is 0 Å². The van der Waals surface area contributed by atoms with Crippen LogP contribution in [0.3, 0.4) is 0 Å². The fourth-order valence-corrected chi connectivity index (χ4v) is 8.04. The van der Waals surface area contributed by atoms with Gasteiger partial charge in [0.15, 0.2) is 0 Å². The number of benzene rings is 4. The number of thioether (sulfide) groups is 1. The van der Waals surface area contributed by atoms with Crippen LogP contribution in [-0.4, -0.2) is 14.5 Å². The van der Waals surface area contributed by atoms with Gasteiger partial charge in [-0.3, -0.25) is 0 Å². The van der Waals surface area contributed by atoms with Gasteiger partial charge in [0.05, 0.1) is 0 Å². The van der Waals surface area contributed by atoms with Gasteiger partial charge in [-0.05, 0) is 0 Å². The summed E-state index contributed by atoms with van der Waals surface area (Å²) in [6.07, 6.45) is 4.72. The van der Waals surface area contributed by atoms with Gasteiger partial charge in [-0.2, -0.15) is 0 Å². The van der Waals surface area contributed by atoms with E-state index < -0.39 is 7.81 Å². The number of halogens is 6. The summed E-state index contributed by atoms with van der Waals surface area (Å²) < 4.78 is 62.0. The first-order valence-electron chi connectivity index (χ1n) is 13.8. The second-order valence-corrected chi connectivity index (χ2v) is 15.5. The van der Waals surface area contributed by atoms with Crippen molar-refractivity contribution in [1.29, 1.82) is 0 Å². The molecule has 0 atom stereocenters. The van der Waals surface area contributed by atoms with Gasteiger partial charge in [-0.15, -0.1) is 0 Å². The van der Waals surface area contributed by atoms with Gasteiger partial charge in [0.1, 0.15) is 0 Å². The van der Waals surface area contributed by atoms with Crippen LogP contribution in [0.4, 0.5) is 25.2 Å². The van der Waals surface area contributed by atoms with E-state index in [-0.39, 0.29) is 14.5 Å². The van der Waals surface area contributed by atoms with Gasteiger partial charge >= 0.3 is 269 Å². The van der Waals surface area contributed by atoms with Gasteiger partial charge in [0.2, 0.25) is 0 Å². The normalized spacial score (nSPS) is 14.6. The van der Waals surface area contributed by atoms with Crippen molar-refractivity contribution in [2.24, 2.45) is 0 Å². The summed E-state index contributed by atoms with van der Waals surface area (Å²) in [5.74, 6) is 0. The van der Waals surface area contributed by atoms with E-state index >= 15 is 0 Å². The minimum absolute atomic E-state index is 0.232. The molecule has 0 fully saturated rings. The van der Waals surface area contributed by atoms with E-state index in [0.717, 1.165) is 0 Å². The Morgan fingerprint density at radius 2 is 0.822 bits per heavy atom. The Kier molecular flexibility index (Phi) is 9.17. The summed E-state index contributed by atoms with van der Waals surface area (Å²) in [7, 11) is -10.7. The van der Waals surface area contributed by atoms with E-state index in [0.29, 0.717) is 0 Å². The van der Waals surface area contributed by atoms with Crippen LogP contribution in [0.25, 0.3) is 35.4 Å². The van der Waals surface area contributed by atoms with Crippen LogP contribution in [0.1, 0.15) is 23.6 Å². The van der Waals surface area contributed by atoms with Crippen molar-refractivity contribution < 1.29 is 25.2 Å². The molecule has 1 aliphatic rings. The standard InChI is InChI=1S/C36H27SSe.F6P/c1-26(31-22-33(27-14-6-2-7-15-27)37-34(23-31)28-16-8-3-9-17-28)32-24-35(29-18-10-4-11-19-29)38-36(25-32)30-20-12-5-13-21-30;1-7(2,3,4,5)6/h2-25H,1H3;/q+1;-1. The third-order valence-corrected chi connectivity index (χ3v) is 10.2. The van der Waals surface area contributed by atoms with Crippen molar-refractivity contribution in [2.75, 3.05) is 0 Å². The SMILES string of the molecule is CC(=C1C=C(c2ccccc2)SC(c2ccccc2)=C1)c1cc(-c2ccccc2)[se+]c(-c2ccccc2)c1.F[P-](F)(F)(F)(F)F. The van der Waals surface area contributed by atoms with E-state index in [1.54, 1.807) is 0 Å². The molecular weight excluding hydrogens is 688 g/mol. The predicted octanol–water partition coefficient (Wildman–Crippen LogP) is 13.3. The summed E-state index contributed by atoms with van der Waals surface area (Å²) in [4.78, 5) is 2.56. The monoisotopic (exact) mass is 716 g/mol. The number of hydrogen-bond acceptors (Lipinski definition) is 1. The summed E-state index contributed by atoms with van der Waals surface area (Å²) >= 11 is 2.08. The molecule has 0 nitrogen and oxygen atoms in total. The first kappa shape index (κ1) is 32.7. The molecule has 6 rings (SSSR count). The molecule has 0 saturated heterocycles. The summed E-state index contributed by atoms with van der Waals surface area (Å²) in [5, 5.41) is 0. The third kappa shape index (κ3) is 10.2. The molecule has 230 valence electrons. The molecule has 1 aromatic heterocycles. The summed E-state index contributed by atoms with van der Waals surface area (Å²) in [6, 6.07) is 48.0. The molecule has 9 heteroatoms. The van der Waals surface area contributed by atoms with Crippen LogP contribution in [0.5, 0.6) is 0 Å². The molecule has 0 spiro atoms. The molecule has 45 heavy (non-hydrogen) atoms. The molecular formula is C36H27F6PSSe. The van der Waals surface area contributed by atoms with Gasteiger partial charge in [0.25, 0.3) is 0 Å². The molecule has 0 saturated carbocycles. The maximum absolute atomic E-state index is 10.7. The van der Waals surface area contributed by atoms with Crippen LogP contribution >= 0.6 is 19.6 Å². The summed E-state index contributed by atoms with van der Waals surface area (Å²) in [6.45, 7) is 2.27. The van der Waals surface area contributed by atoms with Crippen molar-refractivity contribution in [2.45, 2.75) is 6.92 Å². The van der Waals surface area contributed by atoms with Gasteiger partial charge in [-0.1, -0.05) is 0 Å². The van der Waals surface area contributed by atoms with Crippen molar-refractivity contribution in [1.82, 2.24) is 0 Å². The molecule has 4 aromatic carbocycles. The number of rotatable bonds is 5. The topological polar surface area (TPSA) is 0 Å². The molecule has 0 unspecified atom stereocenters. The Labute approximate surface area is 268 Å². The zero-order valence-electron chi connectivity index (χ0n) is 23.9. The minimum atomic E-state index is -10.7. The van der Waals surface area contributed by atoms with Crippen LogP contribution in [0.2, 0.25) is 0 Å². The van der Waals surface area contributed by atoms with Gasteiger partial charge in [-0.25, -0.2) is 0 Å². The average Bonchev–Trinajstić information content (AvgIpc) is 3.04. The van der Waals surface area contributed by atoms with Crippen molar-refractivity contribution >= 4 is 49.5 Å². The molecule has 0 N–H and O–H groups in total. The van der Waals surface area contributed by atoms with E-state index in [1.807, 2.05) is 11.8 Å². The molecule has 0 aliphatic carbocycles. The quantitative estimate of drug-likeness (QED) is 0.0992. The van der Waals surface area contributed by atoms with Crippen LogP contribution in [-0.2, 0) is 0 Å². The fraction of sp³-hybridized carbons (Fsp3) is 0.0278. The maximum atomic E-state index is 9.87. The zero-order valence-corrected chi connectivity index (χ0v) is 27.3. The summed E-state index contributed by atoms with van der Waals surface area (Å²) in [5.41, 5.74) is 8.96. The van der Waals surface area contributed by atoms with E-state index in [1.165, 1.54) is 57.6 Å². The van der Waals surface area contributed by atoms with E-state index in [2.05, 4.69) is 153 Å². The Morgan fingerprint density at radius 1 is 0.511 bits per heavy atom. The molecule has 5 aromatic rings. The van der Waals surface area contributed by atoms with Gasteiger partial charge < -0.3 is 0 Å². The number of hydrogen-bond donors (Lipinski definition) is 0. The fourth-order valence-electron chi connectivity index (χ4n) is 4.58. The zero-order chi connectivity index (χ0) is 32.1. The Hall–Kier alpha value is -3.67. The molecule has 2 heterocycles. The van der Waals surface area contributed by atoms with Crippen LogP contribution in [0, 0.1) is 0 Å². The third-order valence-electron chi connectivity index (χ3n) is 6.69. The molecule has 0 radical (unpaired) electrons. The Bertz CT molecular complexity index is 1760. The number of allylic oxidation sites excluding steroid dienone is 4. The van der Waals surface area contributed by atoms with Crippen molar-refractivity contribution in [3.8, 4) is 20.0 Å². The van der Waals surface area contributed by atoms with E-state index in [4.69, 9.17) is 0 Å². The van der Waals surface area contributed by atoms with Crippen molar-refractivity contribution in [3.05, 3.63) is 168 Å². The first-order valence-corrected chi connectivity index (χ1v) is 18.3. The van der Waals surface area contributed by atoms with Crippen LogP contribution in [0.15, 0.2) is 151 Å². The second-order valence-electron chi connectivity index (χ2n) is 10.2. The second kappa shape index (κ2) is 12.6. The first-order chi connectivity index (χ1) is 21.2. The Balaban J connectivity index is 0.000000515. The van der Waals surface area contributed by atoms with Crippen LogP contribution < -0.4 is 0 Å². The van der Waals surface area contributed by atoms with Crippen molar-refractivity contribution in [3.63, 3.8) is 0 Å². The molecule has 0 amide bonds. The van der Waals surface area contributed by atoms with E-state index in [9.17, 15) is 25.2 Å². The molecule has 1 aliphatic heterocycles. The predicted molar refractivity (Wildman–Crippen MR) is 181 cm³/mol. The average molecular weight is 716 g/mol.